The minimum atomic E-state index is 0.0607. The quantitative estimate of drug-likeness (QED) is 0.865. The van der Waals surface area contributed by atoms with E-state index >= 15 is 0 Å². The minimum Gasteiger partial charge on any atom is -0.378 e. The van der Waals surface area contributed by atoms with Crippen LogP contribution in [0.5, 0.6) is 0 Å². The van der Waals surface area contributed by atoms with Gasteiger partial charge in [0.25, 0.3) is 0 Å². The summed E-state index contributed by atoms with van der Waals surface area (Å²) in [5, 5.41) is 3.45. The number of ether oxygens (including phenoxy) is 1. The molecule has 0 aromatic heterocycles. The van der Waals surface area contributed by atoms with Gasteiger partial charge < -0.3 is 10.1 Å². The molecule has 126 valence electrons. The molecule has 1 amide bonds. The summed E-state index contributed by atoms with van der Waals surface area (Å²) in [5.74, 6) is 2.18. The molecule has 1 aliphatic heterocycles. The molecule has 3 aliphatic rings. The predicted molar refractivity (Wildman–Crippen MR) is 88.4 cm³/mol. The van der Waals surface area contributed by atoms with Crippen LogP contribution in [0, 0.1) is 34.5 Å². The molecule has 5 atom stereocenters. The summed E-state index contributed by atoms with van der Waals surface area (Å²) in [6, 6.07) is 0.309. The van der Waals surface area contributed by atoms with E-state index in [1.807, 2.05) is 13.8 Å². The summed E-state index contributed by atoms with van der Waals surface area (Å²) in [6.45, 7) is 14.1. The Morgan fingerprint density at radius 1 is 1.23 bits per heavy atom. The zero-order valence-electron chi connectivity index (χ0n) is 15.1. The van der Waals surface area contributed by atoms with Gasteiger partial charge in [-0.3, -0.25) is 4.79 Å². The molecular formula is C19H33NO2. The van der Waals surface area contributed by atoms with Crippen molar-refractivity contribution in [1.82, 2.24) is 5.32 Å². The first-order valence-corrected chi connectivity index (χ1v) is 9.12. The van der Waals surface area contributed by atoms with Crippen LogP contribution < -0.4 is 5.32 Å². The molecule has 1 saturated heterocycles. The second-order valence-corrected chi connectivity index (χ2v) is 9.22. The first-order valence-electron chi connectivity index (χ1n) is 9.12. The number of fused-ring (bicyclic) bond motifs is 1. The van der Waals surface area contributed by atoms with Gasteiger partial charge in [-0.15, -0.1) is 0 Å². The third kappa shape index (κ3) is 2.15. The Morgan fingerprint density at radius 3 is 2.50 bits per heavy atom. The van der Waals surface area contributed by atoms with Gasteiger partial charge in [0, 0.05) is 18.6 Å². The Balaban J connectivity index is 1.92. The third-order valence-electron chi connectivity index (χ3n) is 7.02. The maximum Gasteiger partial charge on any atom is 0.222 e. The van der Waals surface area contributed by atoms with Crippen molar-refractivity contribution in [3.05, 3.63) is 0 Å². The highest BCUT2D eigenvalue weighted by Crippen LogP contribution is 2.69. The molecule has 1 spiro atoms. The van der Waals surface area contributed by atoms with Gasteiger partial charge in [0.05, 0.1) is 6.10 Å². The third-order valence-corrected chi connectivity index (χ3v) is 7.02. The molecule has 3 heteroatoms. The molecule has 3 fully saturated rings. The number of carbonyl (C=O) groups excluding carboxylic acids is 1. The first kappa shape index (κ1) is 16.3. The van der Waals surface area contributed by atoms with Crippen LogP contribution >= 0.6 is 0 Å². The number of hydrogen-bond acceptors (Lipinski definition) is 2. The molecule has 1 N–H and O–H groups in total. The fourth-order valence-corrected chi connectivity index (χ4v) is 5.80. The second-order valence-electron chi connectivity index (χ2n) is 9.22. The normalized spacial score (nSPS) is 42.7. The van der Waals surface area contributed by atoms with Crippen molar-refractivity contribution < 1.29 is 9.53 Å². The number of carbonyl (C=O) groups is 1. The molecule has 2 bridgehead atoms. The molecule has 1 heterocycles. The lowest BCUT2D eigenvalue weighted by atomic mass is 9.58. The van der Waals surface area contributed by atoms with E-state index in [1.54, 1.807) is 0 Å². The summed E-state index contributed by atoms with van der Waals surface area (Å²) < 4.78 is 6.16. The Bertz CT molecular complexity index is 456. The fraction of sp³-hybridized carbons (Fsp3) is 0.947. The average Bonchev–Trinajstić information content (AvgIpc) is 2.91. The smallest absolute Gasteiger partial charge is 0.222 e. The van der Waals surface area contributed by atoms with E-state index < -0.39 is 0 Å². The van der Waals surface area contributed by atoms with Gasteiger partial charge in [-0.1, -0.05) is 41.5 Å². The summed E-state index contributed by atoms with van der Waals surface area (Å²) in [7, 11) is 0. The summed E-state index contributed by atoms with van der Waals surface area (Å²) >= 11 is 0. The van der Waals surface area contributed by atoms with Gasteiger partial charge >= 0.3 is 0 Å². The van der Waals surface area contributed by atoms with Crippen LogP contribution in [0.1, 0.15) is 60.8 Å². The highest BCUT2D eigenvalue weighted by atomic mass is 16.5. The second kappa shape index (κ2) is 5.22. The lowest BCUT2D eigenvalue weighted by molar-refractivity contribution is -0.145. The predicted octanol–water partition coefficient (Wildman–Crippen LogP) is 3.62. The van der Waals surface area contributed by atoms with E-state index in [4.69, 9.17) is 4.74 Å². The first-order chi connectivity index (χ1) is 10.2. The van der Waals surface area contributed by atoms with Crippen molar-refractivity contribution >= 4 is 5.91 Å². The van der Waals surface area contributed by atoms with E-state index in [9.17, 15) is 4.79 Å². The molecule has 0 aromatic carbocycles. The largest absolute Gasteiger partial charge is 0.378 e. The van der Waals surface area contributed by atoms with Gasteiger partial charge in [0.15, 0.2) is 0 Å². The molecule has 3 rings (SSSR count). The Hall–Kier alpha value is -0.570. The molecule has 0 radical (unpaired) electrons. The zero-order valence-corrected chi connectivity index (χ0v) is 15.1. The van der Waals surface area contributed by atoms with Crippen LogP contribution in [-0.2, 0) is 9.53 Å². The number of nitrogens with one attached hydrogen (secondary N) is 1. The van der Waals surface area contributed by atoms with Crippen LogP contribution in [-0.4, -0.2) is 24.7 Å². The van der Waals surface area contributed by atoms with Crippen LogP contribution in [0.25, 0.3) is 0 Å². The molecular weight excluding hydrogens is 274 g/mol. The van der Waals surface area contributed by atoms with Crippen molar-refractivity contribution in [3.63, 3.8) is 0 Å². The number of amides is 1. The van der Waals surface area contributed by atoms with Crippen molar-refractivity contribution in [3.8, 4) is 0 Å². The van der Waals surface area contributed by atoms with E-state index in [0.717, 1.165) is 18.9 Å². The Labute approximate surface area is 135 Å². The molecule has 1 unspecified atom stereocenters. The summed E-state index contributed by atoms with van der Waals surface area (Å²) in [5.41, 5.74) is 0.478. The minimum absolute atomic E-state index is 0.0607. The maximum absolute atomic E-state index is 12.4. The van der Waals surface area contributed by atoms with Gasteiger partial charge in [0.2, 0.25) is 5.91 Å². The average molecular weight is 307 g/mol. The summed E-state index contributed by atoms with van der Waals surface area (Å²) in [6.07, 6.45) is 4.04. The van der Waals surface area contributed by atoms with Crippen molar-refractivity contribution in [2.24, 2.45) is 34.5 Å². The van der Waals surface area contributed by atoms with Gasteiger partial charge in [-0.05, 0) is 47.8 Å². The zero-order chi connectivity index (χ0) is 16.3. The molecule has 2 aliphatic carbocycles. The highest BCUT2D eigenvalue weighted by Gasteiger charge is 2.68. The fourth-order valence-electron chi connectivity index (χ4n) is 5.80. The van der Waals surface area contributed by atoms with Crippen molar-refractivity contribution in [2.75, 3.05) is 6.61 Å². The monoisotopic (exact) mass is 307 g/mol. The van der Waals surface area contributed by atoms with Crippen molar-refractivity contribution in [2.45, 2.75) is 73.0 Å². The van der Waals surface area contributed by atoms with Crippen LogP contribution in [0.2, 0.25) is 0 Å². The van der Waals surface area contributed by atoms with Crippen molar-refractivity contribution in [1.29, 1.82) is 0 Å². The lowest BCUT2D eigenvalue weighted by Crippen LogP contribution is -2.61. The molecule has 22 heavy (non-hydrogen) atoms. The maximum atomic E-state index is 12.4. The SMILES string of the molecule is CC(C)C(=O)N[C@@H]1C(C)(C)[C@@H]2C[C@@H]3[C@@H](C(C)C)OCCC31C2. The van der Waals surface area contributed by atoms with E-state index in [0.29, 0.717) is 24.0 Å². The molecule has 2 saturated carbocycles. The Morgan fingerprint density at radius 2 is 1.91 bits per heavy atom. The van der Waals surface area contributed by atoms with Gasteiger partial charge in [-0.2, -0.15) is 0 Å². The molecule has 0 aromatic rings. The standard InChI is InChI=1S/C19H33NO2/c1-11(2)15-14-9-13-10-19(14,7-8-22-15)17(18(13,5)6)20-16(21)12(3)4/h11-15,17H,7-10H2,1-6H3,(H,20,21)/t13-,14-,15-,17-,19?/m1/s1. The highest BCUT2D eigenvalue weighted by molar-refractivity contribution is 5.78. The van der Waals surface area contributed by atoms with E-state index in [2.05, 4.69) is 33.0 Å². The van der Waals surface area contributed by atoms with E-state index in [-0.39, 0.29) is 22.7 Å². The number of hydrogen-bond donors (Lipinski definition) is 1. The Kier molecular flexibility index (Phi) is 3.87. The number of rotatable bonds is 3. The van der Waals surface area contributed by atoms with Crippen LogP contribution in [0.3, 0.4) is 0 Å². The molecule has 3 nitrogen and oxygen atoms in total. The summed E-state index contributed by atoms with van der Waals surface area (Å²) in [4.78, 5) is 12.4. The van der Waals surface area contributed by atoms with Gasteiger partial charge in [-0.25, -0.2) is 0 Å². The lowest BCUT2D eigenvalue weighted by Gasteiger charge is -2.54. The van der Waals surface area contributed by atoms with Gasteiger partial charge in [0.1, 0.15) is 0 Å². The van der Waals surface area contributed by atoms with Crippen LogP contribution in [0.15, 0.2) is 0 Å². The topological polar surface area (TPSA) is 38.3 Å². The van der Waals surface area contributed by atoms with E-state index in [1.165, 1.54) is 12.8 Å². The van der Waals surface area contributed by atoms with Crippen LogP contribution in [0.4, 0.5) is 0 Å².